The summed E-state index contributed by atoms with van der Waals surface area (Å²) in [6.45, 7) is 5.61. The summed E-state index contributed by atoms with van der Waals surface area (Å²) < 4.78 is 1.89. The first kappa shape index (κ1) is 14.3. The summed E-state index contributed by atoms with van der Waals surface area (Å²) in [4.78, 5) is 12.5. The van der Waals surface area contributed by atoms with Crippen molar-refractivity contribution in [3.63, 3.8) is 0 Å². The predicted octanol–water partition coefficient (Wildman–Crippen LogP) is 0.985. The fourth-order valence-corrected chi connectivity index (χ4v) is 1.81. The number of rotatable bonds is 7. The number of carbonyl (C=O) groups is 1. The molecule has 0 aliphatic rings. The van der Waals surface area contributed by atoms with Crippen LogP contribution in [0, 0.1) is 12.3 Å². The highest BCUT2D eigenvalue weighted by Crippen LogP contribution is 2.09. The van der Waals surface area contributed by atoms with Crippen LogP contribution in [-0.4, -0.2) is 38.8 Å². The van der Waals surface area contributed by atoms with E-state index in [0.717, 1.165) is 24.4 Å². The van der Waals surface area contributed by atoms with Gasteiger partial charge in [-0.05, 0) is 19.4 Å². The van der Waals surface area contributed by atoms with Crippen LogP contribution in [0.4, 0.5) is 0 Å². The quantitative estimate of drug-likeness (QED) is 0.732. The maximum absolute atomic E-state index is 10.8. The SMILES string of the molecule is C#CCN(CC(=O)O)Cc1cc(CC)nn1CC. The van der Waals surface area contributed by atoms with E-state index in [0.29, 0.717) is 13.1 Å². The number of carboxylic acids is 1. The van der Waals surface area contributed by atoms with Gasteiger partial charge in [-0.3, -0.25) is 14.4 Å². The van der Waals surface area contributed by atoms with Gasteiger partial charge in [0.1, 0.15) is 0 Å². The average Bonchev–Trinajstić information content (AvgIpc) is 2.71. The van der Waals surface area contributed by atoms with E-state index in [1.807, 2.05) is 24.6 Å². The molecular weight excluding hydrogens is 230 g/mol. The van der Waals surface area contributed by atoms with Crippen molar-refractivity contribution in [3.8, 4) is 12.3 Å². The Morgan fingerprint density at radius 1 is 1.61 bits per heavy atom. The summed E-state index contributed by atoms with van der Waals surface area (Å²) in [7, 11) is 0. The van der Waals surface area contributed by atoms with Gasteiger partial charge >= 0.3 is 5.97 Å². The van der Waals surface area contributed by atoms with Gasteiger partial charge in [0.2, 0.25) is 0 Å². The number of nitrogens with zero attached hydrogens (tertiary/aromatic N) is 3. The highest BCUT2D eigenvalue weighted by Gasteiger charge is 2.13. The Kier molecular flexibility index (Phi) is 5.40. The number of hydrogen-bond acceptors (Lipinski definition) is 3. The molecule has 0 saturated heterocycles. The fourth-order valence-electron chi connectivity index (χ4n) is 1.81. The molecule has 0 fully saturated rings. The minimum absolute atomic E-state index is 0.0550. The van der Waals surface area contributed by atoms with Crippen LogP contribution in [0.25, 0.3) is 0 Å². The molecule has 18 heavy (non-hydrogen) atoms. The number of aliphatic carboxylic acids is 1. The second kappa shape index (κ2) is 6.82. The predicted molar refractivity (Wildman–Crippen MR) is 69.0 cm³/mol. The Morgan fingerprint density at radius 3 is 2.83 bits per heavy atom. The molecule has 5 heteroatoms. The molecule has 1 aromatic heterocycles. The van der Waals surface area contributed by atoms with E-state index in [2.05, 4.69) is 11.0 Å². The molecule has 1 aromatic rings. The lowest BCUT2D eigenvalue weighted by Crippen LogP contribution is -2.30. The van der Waals surface area contributed by atoms with Gasteiger partial charge in [0.25, 0.3) is 0 Å². The van der Waals surface area contributed by atoms with E-state index in [1.165, 1.54) is 0 Å². The molecule has 0 aromatic carbocycles. The summed E-state index contributed by atoms with van der Waals surface area (Å²) in [6, 6.07) is 2.01. The zero-order valence-electron chi connectivity index (χ0n) is 10.9. The van der Waals surface area contributed by atoms with Gasteiger partial charge in [0.05, 0.1) is 24.5 Å². The summed E-state index contributed by atoms with van der Waals surface area (Å²) in [5.74, 6) is 1.61. The molecule has 0 radical (unpaired) electrons. The fraction of sp³-hybridized carbons (Fsp3) is 0.538. The topological polar surface area (TPSA) is 58.4 Å². The summed E-state index contributed by atoms with van der Waals surface area (Å²) >= 11 is 0. The normalized spacial score (nSPS) is 10.6. The lowest BCUT2D eigenvalue weighted by Gasteiger charge is -2.17. The van der Waals surface area contributed by atoms with E-state index in [4.69, 9.17) is 11.5 Å². The van der Waals surface area contributed by atoms with E-state index in [9.17, 15) is 4.79 Å². The molecule has 98 valence electrons. The Morgan fingerprint density at radius 2 is 2.33 bits per heavy atom. The third-order valence-corrected chi connectivity index (χ3v) is 2.64. The minimum Gasteiger partial charge on any atom is -0.480 e. The van der Waals surface area contributed by atoms with Crippen LogP contribution < -0.4 is 0 Å². The Balaban J connectivity index is 2.82. The molecule has 1 rings (SSSR count). The second-order valence-electron chi connectivity index (χ2n) is 4.04. The first-order valence-electron chi connectivity index (χ1n) is 6.03. The molecule has 0 spiro atoms. The number of terminal acetylenes is 1. The molecule has 0 aliphatic carbocycles. The molecule has 1 N–H and O–H groups in total. The third-order valence-electron chi connectivity index (χ3n) is 2.64. The Hall–Kier alpha value is -1.80. The van der Waals surface area contributed by atoms with Crippen molar-refractivity contribution in [1.82, 2.24) is 14.7 Å². The van der Waals surface area contributed by atoms with Crippen LogP contribution in [0.15, 0.2) is 6.07 Å². The smallest absolute Gasteiger partial charge is 0.317 e. The molecule has 0 bridgehead atoms. The van der Waals surface area contributed by atoms with Crippen LogP contribution >= 0.6 is 0 Å². The lowest BCUT2D eigenvalue weighted by molar-refractivity contribution is -0.138. The molecular formula is C13H19N3O2. The van der Waals surface area contributed by atoms with E-state index < -0.39 is 5.97 Å². The highest BCUT2D eigenvalue weighted by atomic mass is 16.4. The first-order valence-corrected chi connectivity index (χ1v) is 6.03. The van der Waals surface area contributed by atoms with Gasteiger partial charge < -0.3 is 5.11 Å². The highest BCUT2D eigenvalue weighted by molar-refractivity contribution is 5.69. The first-order chi connectivity index (χ1) is 8.60. The average molecular weight is 249 g/mol. The Bertz CT molecular complexity index is 446. The summed E-state index contributed by atoms with van der Waals surface area (Å²) in [6.07, 6.45) is 6.12. The molecule has 0 aliphatic heterocycles. The van der Waals surface area contributed by atoms with Crippen LogP contribution in [0.3, 0.4) is 0 Å². The van der Waals surface area contributed by atoms with Crippen LogP contribution in [-0.2, 0) is 24.3 Å². The van der Waals surface area contributed by atoms with Crippen molar-refractivity contribution in [1.29, 1.82) is 0 Å². The standard InChI is InChI=1S/C13H19N3O2/c1-4-7-15(10-13(17)18)9-12-8-11(5-2)14-16(12)6-3/h1,8H,5-7,9-10H2,2-3H3,(H,17,18). The van der Waals surface area contributed by atoms with Crippen LogP contribution in [0.5, 0.6) is 0 Å². The van der Waals surface area contributed by atoms with Crippen molar-refractivity contribution < 1.29 is 9.90 Å². The maximum Gasteiger partial charge on any atom is 0.317 e. The Labute approximate surface area is 107 Å². The van der Waals surface area contributed by atoms with Gasteiger partial charge in [-0.15, -0.1) is 6.42 Å². The molecule has 0 unspecified atom stereocenters. The maximum atomic E-state index is 10.8. The number of aromatic nitrogens is 2. The third kappa shape index (κ3) is 3.90. The van der Waals surface area contributed by atoms with Gasteiger partial charge in [0.15, 0.2) is 0 Å². The van der Waals surface area contributed by atoms with E-state index >= 15 is 0 Å². The van der Waals surface area contributed by atoms with Gasteiger partial charge in [-0.1, -0.05) is 12.8 Å². The van der Waals surface area contributed by atoms with Crippen molar-refractivity contribution in [3.05, 3.63) is 17.5 Å². The second-order valence-corrected chi connectivity index (χ2v) is 4.04. The zero-order chi connectivity index (χ0) is 13.5. The molecule has 0 saturated carbocycles. The minimum atomic E-state index is -0.872. The van der Waals surface area contributed by atoms with Crippen molar-refractivity contribution in [2.45, 2.75) is 33.4 Å². The van der Waals surface area contributed by atoms with E-state index in [-0.39, 0.29) is 6.54 Å². The van der Waals surface area contributed by atoms with Crippen molar-refractivity contribution in [2.24, 2.45) is 0 Å². The number of carboxylic acid groups (broad SMARTS) is 1. The van der Waals surface area contributed by atoms with E-state index in [1.54, 1.807) is 4.90 Å². The zero-order valence-corrected chi connectivity index (χ0v) is 10.9. The number of aryl methyl sites for hydroxylation is 2. The molecule has 1 heterocycles. The molecule has 0 amide bonds. The molecule has 5 nitrogen and oxygen atoms in total. The monoisotopic (exact) mass is 249 g/mol. The summed E-state index contributed by atoms with van der Waals surface area (Å²) in [5.41, 5.74) is 2.02. The van der Waals surface area contributed by atoms with Crippen molar-refractivity contribution >= 4 is 5.97 Å². The van der Waals surface area contributed by atoms with Gasteiger partial charge in [-0.25, -0.2) is 0 Å². The van der Waals surface area contributed by atoms with Crippen LogP contribution in [0.1, 0.15) is 25.2 Å². The summed E-state index contributed by atoms with van der Waals surface area (Å²) in [5, 5.41) is 13.3. The van der Waals surface area contributed by atoms with Crippen LogP contribution in [0.2, 0.25) is 0 Å². The van der Waals surface area contributed by atoms with Gasteiger partial charge in [-0.2, -0.15) is 5.10 Å². The van der Waals surface area contributed by atoms with Gasteiger partial charge in [0, 0.05) is 13.1 Å². The lowest BCUT2D eigenvalue weighted by atomic mass is 10.3. The largest absolute Gasteiger partial charge is 0.480 e. The van der Waals surface area contributed by atoms with Crippen molar-refractivity contribution in [2.75, 3.05) is 13.1 Å². The number of hydrogen-bond donors (Lipinski definition) is 1. The molecule has 0 atom stereocenters.